The molecule has 31 heavy (non-hydrogen) atoms. The fourth-order valence-electron chi connectivity index (χ4n) is 3.04. The van der Waals surface area contributed by atoms with Crippen LogP contribution in [0.25, 0.3) is 11.1 Å². The Bertz CT molecular complexity index is 1200. The van der Waals surface area contributed by atoms with Crippen LogP contribution in [0.15, 0.2) is 82.4 Å². The molecule has 0 atom stereocenters. The number of fused-ring (bicyclic) bond motifs is 1. The van der Waals surface area contributed by atoms with Crippen molar-refractivity contribution in [3.8, 4) is 0 Å². The maximum Gasteiger partial charge on any atom is 0.257 e. The van der Waals surface area contributed by atoms with Crippen LogP contribution in [-0.4, -0.2) is 16.8 Å². The molecule has 6 nitrogen and oxygen atoms in total. The lowest BCUT2D eigenvalue weighted by Crippen LogP contribution is -2.14. The Kier molecular flexibility index (Phi) is 6.33. The first-order valence-electron chi connectivity index (χ1n) is 9.90. The second-order valence-electron chi connectivity index (χ2n) is 6.83. The topological polar surface area (TPSA) is 84.2 Å². The number of oxazole rings is 1. The van der Waals surface area contributed by atoms with Gasteiger partial charge in [-0.25, -0.2) is 4.98 Å². The van der Waals surface area contributed by atoms with Gasteiger partial charge in [0.1, 0.15) is 5.52 Å². The normalized spacial score (nSPS) is 10.7. The predicted octanol–water partition coefficient (Wildman–Crippen LogP) is 5.72. The molecule has 3 aromatic carbocycles. The van der Waals surface area contributed by atoms with Crippen LogP contribution in [-0.2, 0) is 10.5 Å². The van der Waals surface area contributed by atoms with Crippen LogP contribution in [0.1, 0.15) is 29.3 Å². The van der Waals surface area contributed by atoms with Crippen molar-refractivity contribution in [2.45, 2.75) is 24.3 Å². The van der Waals surface area contributed by atoms with Crippen molar-refractivity contribution in [3.63, 3.8) is 0 Å². The van der Waals surface area contributed by atoms with E-state index in [9.17, 15) is 9.59 Å². The van der Waals surface area contributed by atoms with Crippen molar-refractivity contribution in [2.24, 2.45) is 0 Å². The molecule has 7 heteroatoms. The molecule has 0 saturated carbocycles. The number of para-hydroxylation sites is 2. The van der Waals surface area contributed by atoms with Gasteiger partial charge in [0.2, 0.25) is 5.91 Å². The summed E-state index contributed by atoms with van der Waals surface area (Å²) >= 11 is 1.44. The number of hydrogen-bond donors (Lipinski definition) is 2. The van der Waals surface area contributed by atoms with Gasteiger partial charge < -0.3 is 15.1 Å². The van der Waals surface area contributed by atoms with Crippen molar-refractivity contribution in [1.29, 1.82) is 0 Å². The zero-order valence-electron chi connectivity index (χ0n) is 16.9. The molecule has 0 radical (unpaired) electrons. The zero-order chi connectivity index (χ0) is 21.6. The molecule has 2 amide bonds. The molecular weight excluding hydrogens is 410 g/mol. The minimum absolute atomic E-state index is 0.0787. The van der Waals surface area contributed by atoms with Gasteiger partial charge in [-0.1, -0.05) is 55.1 Å². The average Bonchev–Trinajstić information content (AvgIpc) is 3.21. The number of nitrogens with one attached hydrogen (secondary N) is 2. The first-order chi connectivity index (χ1) is 15.1. The van der Waals surface area contributed by atoms with Crippen LogP contribution in [0.5, 0.6) is 0 Å². The summed E-state index contributed by atoms with van der Waals surface area (Å²) in [5.41, 5.74) is 4.26. The number of hydrogen-bond acceptors (Lipinski definition) is 5. The first-order valence-corrected chi connectivity index (χ1v) is 10.9. The SMILES string of the molecule is CCC(=O)Nc1cccc(NC(=O)c2ccccc2CSc2nc3ccccc3o2)c1. The lowest BCUT2D eigenvalue weighted by atomic mass is 10.1. The van der Waals surface area contributed by atoms with Gasteiger partial charge in [0.15, 0.2) is 5.58 Å². The Morgan fingerprint density at radius 1 is 0.935 bits per heavy atom. The van der Waals surface area contributed by atoms with Crippen LogP contribution in [0.4, 0.5) is 11.4 Å². The van der Waals surface area contributed by atoms with E-state index in [0.717, 1.165) is 16.7 Å². The van der Waals surface area contributed by atoms with Crippen LogP contribution < -0.4 is 10.6 Å². The van der Waals surface area contributed by atoms with Crippen molar-refractivity contribution in [3.05, 3.63) is 83.9 Å². The van der Waals surface area contributed by atoms with Crippen molar-refractivity contribution in [1.82, 2.24) is 4.98 Å². The predicted molar refractivity (Wildman–Crippen MR) is 123 cm³/mol. The Morgan fingerprint density at radius 3 is 2.48 bits per heavy atom. The maximum atomic E-state index is 12.9. The quantitative estimate of drug-likeness (QED) is 0.366. The van der Waals surface area contributed by atoms with Crippen LogP contribution >= 0.6 is 11.8 Å². The summed E-state index contributed by atoms with van der Waals surface area (Å²) in [5.74, 6) is 0.251. The highest BCUT2D eigenvalue weighted by Crippen LogP contribution is 2.27. The summed E-state index contributed by atoms with van der Waals surface area (Å²) in [6.07, 6.45) is 0.391. The Morgan fingerprint density at radius 2 is 1.68 bits per heavy atom. The van der Waals surface area contributed by atoms with Gasteiger partial charge in [-0.05, 0) is 42.0 Å². The molecule has 1 aromatic heterocycles. The van der Waals surface area contributed by atoms with Crippen molar-refractivity contribution in [2.75, 3.05) is 10.6 Å². The number of carbonyl (C=O) groups is 2. The first kappa shape index (κ1) is 20.7. The summed E-state index contributed by atoms with van der Waals surface area (Å²) in [5, 5.41) is 6.27. The summed E-state index contributed by atoms with van der Waals surface area (Å²) in [4.78, 5) is 29.0. The number of rotatable bonds is 7. The van der Waals surface area contributed by atoms with E-state index in [1.54, 1.807) is 37.3 Å². The summed E-state index contributed by atoms with van der Waals surface area (Å²) in [6.45, 7) is 1.79. The molecular formula is C24H21N3O3S. The highest BCUT2D eigenvalue weighted by molar-refractivity contribution is 7.98. The van der Waals surface area contributed by atoms with E-state index < -0.39 is 0 Å². The van der Waals surface area contributed by atoms with Crippen LogP contribution in [0, 0.1) is 0 Å². The molecule has 0 bridgehead atoms. The third-order valence-electron chi connectivity index (χ3n) is 4.61. The highest BCUT2D eigenvalue weighted by Gasteiger charge is 2.14. The van der Waals surface area contributed by atoms with Gasteiger partial charge in [0.05, 0.1) is 0 Å². The molecule has 2 N–H and O–H groups in total. The summed E-state index contributed by atoms with van der Waals surface area (Å²) in [7, 11) is 0. The molecule has 0 unspecified atom stereocenters. The van der Waals surface area contributed by atoms with Gasteiger partial charge in [0, 0.05) is 29.1 Å². The highest BCUT2D eigenvalue weighted by atomic mass is 32.2. The molecule has 0 spiro atoms. The average molecular weight is 432 g/mol. The minimum Gasteiger partial charge on any atom is -0.431 e. The number of benzene rings is 3. The van der Waals surface area contributed by atoms with E-state index in [1.807, 2.05) is 42.5 Å². The van der Waals surface area contributed by atoms with Crippen LogP contribution in [0.2, 0.25) is 0 Å². The Hall–Kier alpha value is -3.58. The lowest BCUT2D eigenvalue weighted by molar-refractivity contribution is -0.115. The smallest absolute Gasteiger partial charge is 0.257 e. The molecule has 156 valence electrons. The number of thioether (sulfide) groups is 1. The second-order valence-corrected chi connectivity index (χ2v) is 7.76. The Labute approximate surface area is 184 Å². The van der Waals surface area contributed by atoms with E-state index in [0.29, 0.717) is 34.3 Å². The largest absolute Gasteiger partial charge is 0.431 e. The monoisotopic (exact) mass is 431 g/mol. The number of anilines is 2. The number of nitrogens with zero attached hydrogens (tertiary/aromatic N) is 1. The van der Waals surface area contributed by atoms with Crippen molar-refractivity contribution >= 4 is 46.1 Å². The molecule has 1 heterocycles. The fraction of sp³-hybridized carbons (Fsp3) is 0.125. The van der Waals surface area contributed by atoms with E-state index in [2.05, 4.69) is 15.6 Å². The van der Waals surface area contributed by atoms with E-state index in [-0.39, 0.29) is 11.8 Å². The van der Waals surface area contributed by atoms with E-state index >= 15 is 0 Å². The molecule has 0 aliphatic carbocycles. The standard InChI is InChI=1S/C24H21N3O3S/c1-2-22(28)25-17-9-7-10-18(14-17)26-23(29)19-11-4-3-8-16(19)15-31-24-27-20-12-5-6-13-21(20)30-24/h3-14H,2,15H2,1H3,(H,25,28)(H,26,29). The van der Waals surface area contributed by atoms with Gasteiger partial charge >= 0.3 is 0 Å². The summed E-state index contributed by atoms with van der Waals surface area (Å²) < 4.78 is 5.76. The van der Waals surface area contributed by atoms with E-state index in [1.165, 1.54) is 11.8 Å². The van der Waals surface area contributed by atoms with E-state index in [4.69, 9.17) is 4.42 Å². The van der Waals surface area contributed by atoms with Crippen molar-refractivity contribution < 1.29 is 14.0 Å². The zero-order valence-corrected chi connectivity index (χ0v) is 17.7. The fourth-order valence-corrected chi connectivity index (χ4v) is 3.88. The second kappa shape index (κ2) is 9.49. The van der Waals surface area contributed by atoms with Gasteiger partial charge in [0.25, 0.3) is 11.1 Å². The lowest BCUT2D eigenvalue weighted by Gasteiger charge is -2.11. The number of aromatic nitrogens is 1. The number of amides is 2. The van der Waals surface area contributed by atoms with Crippen LogP contribution in [0.3, 0.4) is 0 Å². The molecule has 0 aliphatic rings. The molecule has 0 aliphatic heterocycles. The minimum atomic E-state index is -0.215. The molecule has 4 aromatic rings. The maximum absolute atomic E-state index is 12.9. The molecule has 4 rings (SSSR count). The third kappa shape index (κ3) is 5.13. The third-order valence-corrected chi connectivity index (χ3v) is 5.49. The molecule has 0 fully saturated rings. The van der Waals surface area contributed by atoms with Gasteiger partial charge in [-0.15, -0.1) is 0 Å². The number of carbonyl (C=O) groups excluding carboxylic acids is 2. The Balaban J connectivity index is 1.47. The molecule has 0 saturated heterocycles. The van der Waals surface area contributed by atoms with Gasteiger partial charge in [-0.3, -0.25) is 9.59 Å². The van der Waals surface area contributed by atoms with Gasteiger partial charge in [-0.2, -0.15) is 0 Å². The summed E-state index contributed by atoms with van der Waals surface area (Å²) in [6, 6.07) is 22.2.